The summed E-state index contributed by atoms with van der Waals surface area (Å²) in [5.74, 6) is 0.899. The van der Waals surface area contributed by atoms with Crippen LogP contribution in [0.4, 0.5) is 0 Å². The van der Waals surface area contributed by atoms with Crippen molar-refractivity contribution in [3.05, 3.63) is 84.4 Å². The summed E-state index contributed by atoms with van der Waals surface area (Å²) in [7, 11) is 0. The molecule has 1 fully saturated rings. The highest BCUT2D eigenvalue weighted by molar-refractivity contribution is 5.93. The van der Waals surface area contributed by atoms with E-state index in [9.17, 15) is 0 Å². The van der Waals surface area contributed by atoms with Gasteiger partial charge in [0.1, 0.15) is 0 Å². The molecule has 3 heteroatoms. The van der Waals surface area contributed by atoms with Gasteiger partial charge in [-0.2, -0.15) is 4.57 Å². The minimum atomic E-state index is 0.797. The second-order valence-electron chi connectivity index (χ2n) is 7.24. The first-order valence-corrected chi connectivity index (χ1v) is 9.68. The summed E-state index contributed by atoms with van der Waals surface area (Å²) in [6, 6.07) is 23.4. The maximum atomic E-state index is 6.29. The van der Waals surface area contributed by atoms with Crippen LogP contribution in [0.3, 0.4) is 0 Å². The Bertz CT molecular complexity index is 1110. The van der Waals surface area contributed by atoms with E-state index in [-0.39, 0.29) is 0 Å². The van der Waals surface area contributed by atoms with Crippen LogP contribution in [0, 0.1) is 0 Å². The van der Waals surface area contributed by atoms with Crippen LogP contribution in [0.15, 0.2) is 77.3 Å². The van der Waals surface area contributed by atoms with Crippen molar-refractivity contribution in [3.8, 4) is 0 Å². The third-order valence-corrected chi connectivity index (χ3v) is 5.35. The van der Waals surface area contributed by atoms with E-state index in [0.29, 0.717) is 0 Å². The van der Waals surface area contributed by atoms with E-state index in [0.717, 1.165) is 36.6 Å². The van der Waals surface area contributed by atoms with Gasteiger partial charge in [0, 0.05) is 30.9 Å². The lowest BCUT2D eigenvalue weighted by Gasteiger charge is -2.08. The van der Waals surface area contributed by atoms with Crippen LogP contribution in [0.1, 0.15) is 24.3 Å². The van der Waals surface area contributed by atoms with Crippen molar-refractivity contribution < 1.29 is 8.98 Å². The molecule has 0 amide bonds. The molecule has 1 aromatic heterocycles. The Morgan fingerprint density at radius 1 is 0.889 bits per heavy atom. The quantitative estimate of drug-likeness (QED) is 0.481. The van der Waals surface area contributed by atoms with Gasteiger partial charge >= 0.3 is 5.89 Å². The van der Waals surface area contributed by atoms with Crippen LogP contribution in [-0.2, 0) is 6.54 Å². The molecule has 4 aromatic rings. The maximum absolute atomic E-state index is 6.29. The molecule has 0 aliphatic carbocycles. The molecule has 0 atom stereocenters. The van der Waals surface area contributed by atoms with Crippen LogP contribution in [0.25, 0.3) is 27.9 Å². The molecule has 134 valence electrons. The van der Waals surface area contributed by atoms with Crippen LogP contribution >= 0.6 is 0 Å². The van der Waals surface area contributed by atoms with Gasteiger partial charge in [-0.05, 0) is 29.7 Å². The molecule has 27 heavy (non-hydrogen) atoms. The molecule has 0 saturated carbocycles. The Kier molecular flexibility index (Phi) is 4.13. The smallest absolute Gasteiger partial charge is 0.375 e. The van der Waals surface area contributed by atoms with Crippen LogP contribution < -0.4 is 4.57 Å². The van der Waals surface area contributed by atoms with E-state index >= 15 is 0 Å². The summed E-state index contributed by atoms with van der Waals surface area (Å²) in [5.41, 5.74) is 3.35. The van der Waals surface area contributed by atoms with Gasteiger partial charge in [-0.3, -0.25) is 0 Å². The number of likely N-dealkylation sites (tertiary alicyclic amines) is 1. The summed E-state index contributed by atoms with van der Waals surface area (Å²) in [6.07, 6.45) is 6.87. The molecule has 2 heterocycles. The third kappa shape index (κ3) is 3.21. The second kappa shape index (κ2) is 6.92. The molecule has 1 saturated heterocycles. The zero-order valence-corrected chi connectivity index (χ0v) is 15.3. The monoisotopic (exact) mass is 355 g/mol. The first-order chi connectivity index (χ1) is 13.4. The Morgan fingerprint density at radius 2 is 1.59 bits per heavy atom. The topological polar surface area (TPSA) is 20.3 Å². The predicted molar refractivity (Wildman–Crippen MR) is 109 cm³/mol. The molecule has 0 bridgehead atoms. The van der Waals surface area contributed by atoms with Crippen LogP contribution in [0.2, 0.25) is 0 Å². The van der Waals surface area contributed by atoms with Gasteiger partial charge in [0.05, 0.1) is 6.08 Å². The summed E-state index contributed by atoms with van der Waals surface area (Å²) in [5, 5.41) is 2.45. The fraction of sp³-hybridized carbons (Fsp3) is 0.208. The second-order valence-corrected chi connectivity index (χ2v) is 7.24. The van der Waals surface area contributed by atoms with E-state index in [1.807, 2.05) is 0 Å². The van der Waals surface area contributed by atoms with E-state index < -0.39 is 0 Å². The molecule has 0 radical (unpaired) electrons. The highest BCUT2D eigenvalue weighted by Crippen LogP contribution is 2.23. The van der Waals surface area contributed by atoms with Gasteiger partial charge in [0.2, 0.25) is 5.58 Å². The molecule has 0 spiro atoms. The highest BCUT2D eigenvalue weighted by Gasteiger charge is 2.22. The fourth-order valence-electron chi connectivity index (χ4n) is 3.90. The standard InChI is InChI=1S/C24H23N2O/c1-2-8-19(9-3-1)18-26-22-16-20-10-4-5-11-21(20)17-23(22)27-24(26)12-15-25-13-6-7-14-25/h1-5,8-12,15-17H,6-7,13-14,18H2/q+1. The lowest BCUT2D eigenvalue weighted by molar-refractivity contribution is -0.669. The largest absolute Gasteiger partial charge is 0.398 e. The van der Waals surface area contributed by atoms with Crippen molar-refractivity contribution in [2.75, 3.05) is 13.1 Å². The van der Waals surface area contributed by atoms with E-state index in [1.165, 1.54) is 29.2 Å². The van der Waals surface area contributed by atoms with Crippen molar-refractivity contribution in [1.82, 2.24) is 4.90 Å². The zero-order valence-electron chi connectivity index (χ0n) is 15.3. The van der Waals surface area contributed by atoms with E-state index in [1.54, 1.807) is 0 Å². The van der Waals surface area contributed by atoms with E-state index in [2.05, 4.69) is 88.5 Å². The lowest BCUT2D eigenvalue weighted by Crippen LogP contribution is -2.36. The molecule has 0 N–H and O–H groups in total. The molecule has 5 rings (SSSR count). The van der Waals surface area contributed by atoms with Gasteiger partial charge in [0.25, 0.3) is 5.52 Å². The first-order valence-electron chi connectivity index (χ1n) is 9.68. The van der Waals surface area contributed by atoms with Gasteiger partial charge in [0.15, 0.2) is 6.54 Å². The molecular formula is C24H23N2O+. The number of rotatable bonds is 4. The van der Waals surface area contributed by atoms with Crippen LogP contribution in [-0.4, -0.2) is 18.0 Å². The molecule has 3 nitrogen and oxygen atoms in total. The minimum absolute atomic E-state index is 0.797. The molecule has 3 aromatic carbocycles. The average Bonchev–Trinajstić information content (AvgIpc) is 3.34. The van der Waals surface area contributed by atoms with Crippen LogP contribution in [0.5, 0.6) is 0 Å². The number of aromatic nitrogens is 1. The normalized spacial score (nSPS) is 14.7. The summed E-state index contributed by atoms with van der Waals surface area (Å²) < 4.78 is 8.57. The summed E-state index contributed by atoms with van der Waals surface area (Å²) in [6.45, 7) is 3.07. The van der Waals surface area contributed by atoms with Crippen molar-refractivity contribution in [3.63, 3.8) is 0 Å². The zero-order chi connectivity index (χ0) is 18.1. The highest BCUT2D eigenvalue weighted by atomic mass is 16.3. The minimum Gasteiger partial charge on any atom is -0.398 e. The number of nitrogens with zero attached hydrogens (tertiary/aromatic N) is 2. The van der Waals surface area contributed by atoms with Crippen molar-refractivity contribution in [2.24, 2.45) is 0 Å². The first kappa shape index (κ1) is 16.1. The maximum Gasteiger partial charge on any atom is 0.375 e. The average molecular weight is 355 g/mol. The summed E-state index contributed by atoms with van der Waals surface area (Å²) in [4.78, 5) is 2.37. The molecular weight excluding hydrogens is 332 g/mol. The van der Waals surface area contributed by atoms with Crippen molar-refractivity contribution in [1.29, 1.82) is 0 Å². The Hall–Kier alpha value is -3.07. The number of oxazole rings is 1. The molecule has 1 aliphatic rings. The lowest BCUT2D eigenvalue weighted by atomic mass is 10.1. The number of hydrogen-bond acceptors (Lipinski definition) is 2. The van der Waals surface area contributed by atoms with Gasteiger partial charge < -0.3 is 9.32 Å². The van der Waals surface area contributed by atoms with E-state index in [4.69, 9.17) is 4.42 Å². The summed E-state index contributed by atoms with van der Waals surface area (Å²) >= 11 is 0. The third-order valence-electron chi connectivity index (χ3n) is 5.35. The predicted octanol–water partition coefficient (Wildman–Crippen LogP) is 4.99. The fourth-order valence-corrected chi connectivity index (χ4v) is 3.90. The Morgan fingerprint density at radius 3 is 2.37 bits per heavy atom. The van der Waals surface area contributed by atoms with Gasteiger partial charge in [-0.15, -0.1) is 0 Å². The SMILES string of the molecule is C(=CN1CCCC1)c1oc2cc3ccccc3cc2[n+]1Cc1ccccc1. The Balaban J connectivity index is 1.63. The van der Waals surface area contributed by atoms with Gasteiger partial charge in [-0.1, -0.05) is 54.6 Å². The van der Waals surface area contributed by atoms with Crippen molar-refractivity contribution in [2.45, 2.75) is 19.4 Å². The number of benzene rings is 3. The van der Waals surface area contributed by atoms with Gasteiger partial charge in [-0.25, -0.2) is 0 Å². The Labute approximate surface area is 159 Å². The number of hydrogen-bond donors (Lipinski definition) is 0. The molecule has 1 aliphatic heterocycles. The number of fused-ring (bicyclic) bond motifs is 2. The molecule has 0 unspecified atom stereocenters. The van der Waals surface area contributed by atoms with Crippen molar-refractivity contribution >= 4 is 27.9 Å².